The second kappa shape index (κ2) is 8.02. The smallest absolute Gasteiger partial charge is 0.193 e. The Morgan fingerprint density at radius 1 is 1.08 bits per heavy atom. The van der Waals surface area contributed by atoms with Crippen molar-refractivity contribution >= 4 is 11.9 Å². The summed E-state index contributed by atoms with van der Waals surface area (Å²) in [7, 11) is 0. The summed E-state index contributed by atoms with van der Waals surface area (Å²) in [6.45, 7) is 4.24. The minimum Gasteiger partial charge on any atom is -0.508 e. The van der Waals surface area contributed by atoms with Crippen LogP contribution in [0.15, 0.2) is 60.2 Å². The molecule has 124 valence electrons. The van der Waals surface area contributed by atoms with E-state index in [1.54, 1.807) is 30.3 Å². The molecule has 0 aliphatic rings. The van der Waals surface area contributed by atoms with Crippen molar-refractivity contribution in [3.63, 3.8) is 0 Å². The maximum absolute atomic E-state index is 12.4. The molecule has 0 atom stereocenters. The first-order chi connectivity index (χ1) is 11.5. The van der Waals surface area contributed by atoms with Crippen LogP contribution in [0.3, 0.4) is 0 Å². The standard InChI is InChI=1S/C20H20O4/c1-14(2)12-13-24-19-5-3-4-17(22)20(19)18(23)11-8-15-6-9-16(21)10-7-15/h3-12,21-22H,13H2,1-2H3/b11-8+. The summed E-state index contributed by atoms with van der Waals surface area (Å²) in [5.74, 6) is 0.0282. The zero-order chi connectivity index (χ0) is 17.5. The molecule has 2 N–H and O–H groups in total. The zero-order valence-electron chi connectivity index (χ0n) is 13.7. The second-order valence-corrected chi connectivity index (χ2v) is 5.53. The first-order valence-electron chi connectivity index (χ1n) is 7.57. The Kier molecular flexibility index (Phi) is 5.79. The Morgan fingerprint density at radius 3 is 2.46 bits per heavy atom. The SMILES string of the molecule is CC(C)=CCOc1cccc(O)c1C(=O)/C=C/c1ccc(O)cc1. The summed E-state index contributed by atoms with van der Waals surface area (Å²) >= 11 is 0. The van der Waals surface area contributed by atoms with Gasteiger partial charge in [-0.3, -0.25) is 4.79 Å². The number of aromatic hydroxyl groups is 2. The maximum Gasteiger partial charge on any atom is 0.193 e. The van der Waals surface area contributed by atoms with Crippen molar-refractivity contribution in [3.05, 3.63) is 71.3 Å². The number of ketones is 1. The molecule has 2 aromatic carbocycles. The van der Waals surface area contributed by atoms with Crippen LogP contribution in [0.1, 0.15) is 29.8 Å². The first kappa shape index (κ1) is 17.3. The largest absolute Gasteiger partial charge is 0.508 e. The van der Waals surface area contributed by atoms with E-state index < -0.39 is 0 Å². The third kappa shape index (κ3) is 4.74. The molecule has 2 rings (SSSR count). The van der Waals surface area contributed by atoms with Gasteiger partial charge in [-0.25, -0.2) is 0 Å². The molecule has 2 aromatic rings. The zero-order valence-corrected chi connectivity index (χ0v) is 13.7. The van der Waals surface area contributed by atoms with Gasteiger partial charge in [0.25, 0.3) is 0 Å². The number of phenols is 2. The average Bonchev–Trinajstić information content (AvgIpc) is 2.54. The molecule has 0 saturated carbocycles. The molecule has 0 bridgehead atoms. The molecule has 0 aliphatic heterocycles. The number of hydrogen-bond acceptors (Lipinski definition) is 4. The number of rotatable bonds is 6. The number of benzene rings is 2. The summed E-state index contributed by atoms with van der Waals surface area (Å²) < 4.78 is 5.59. The van der Waals surface area contributed by atoms with E-state index in [1.165, 1.54) is 24.3 Å². The van der Waals surface area contributed by atoms with Crippen molar-refractivity contribution in [1.82, 2.24) is 0 Å². The molecule has 0 spiro atoms. The number of ether oxygens (including phenoxy) is 1. The Hall–Kier alpha value is -3.01. The van der Waals surface area contributed by atoms with Gasteiger partial charge in [-0.2, -0.15) is 0 Å². The van der Waals surface area contributed by atoms with E-state index in [9.17, 15) is 15.0 Å². The van der Waals surface area contributed by atoms with Gasteiger partial charge in [-0.15, -0.1) is 0 Å². The Morgan fingerprint density at radius 2 is 1.79 bits per heavy atom. The van der Waals surface area contributed by atoms with E-state index >= 15 is 0 Å². The predicted octanol–water partition coefficient (Wildman–Crippen LogP) is 4.34. The van der Waals surface area contributed by atoms with Crippen molar-refractivity contribution in [2.75, 3.05) is 6.61 Å². The molecule has 0 fully saturated rings. The van der Waals surface area contributed by atoms with Gasteiger partial charge in [0.05, 0.1) is 0 Å². The van der Waals surface area contributed by atoms with E-state index in [2.05, 4.69) is 0 Å². The normalized spacial score (nSPS) is 10.6. The maximum atomic E-state index is 12.4. The summed E-state index contributed by atoms with van der Waals surface area (Å²) in [6, 6.07) is 11.2. The lowest BCUT2D eigenvalue weighted by Crippen LogP contribution is -2.03. The highest BCUT2D eigenvalue weighted by Gasteiger charge is 2.15. The number of carbonyl (C=O) groups is 1. The molecule has 0 unspecified atom stereocenters. The van der Waals surface area contributed by atoms with Crippen LogP contribution in [-0.4, -0.2) is 22.6 Å². The van der Waals surface area contributed by atoms with Crippen LogP contribution in [-0.2, 0) is 0 Å². The van der Waals surface area contributed by atoms with Crippen LogP contribution < -0.4 is 4.74 Å². The average molecular weight is 324 g/mol. The quantitative estimate of drug-likeness (QED) is 0.471. The lowest BCUT2D eigenvalue weighted by atomic mass is 10.1. The second-order valence-electron chi connectivity index (χ2n) is 5.53. The lowest BCUT2D eigenvalue weighted by molar-refractivity contribution is 0.104. The van der Waals surface area contributed by atoms with E-state index in [4.69, 9.17) is 4.74 Å². The highest BCUT2D eigenvalue weighted by Crippen LogP contribution is 2.28. The molecule has 0 heterocycles. The minimum atomic E-state index is -0.353. The van der Waals surface area contributed by atoms with Crippen LogP contribution in [0, 0.1) is 0 Å². The van der Waals surface area contributed by atoms with Gasteiger partial charge in [-0.05, 0) is 55.8 Å². The molecular weight excluding hydrogens is 304 g/mol. The lowest BCUT2D eigenvalue weighted by Gasteiger charge is -2.09. The van der Waals surface area contributed by atoms with Crippen LogP contribution in [0.25, 0.3) is 6.08 Å². The fourth-order valence-corrected chi connectivity index (χ4v) is 2.03. The van der Waals surface area contributed by atoms with E-state index in [-0.39, 0.29) is 22.8 Å². The van der Waals surface area contributed by atoms with Crippen molar-refractivity contribution in [2.24, 2.45) is 0 Å². The fourth-order valence-electron chi connectivity index (χ4n) is 2.03. The molecule has 0 aromatic heterocycles. The van der Waals surface area contributed by atoms with E-state index in [0.717, 1.165) is 11.1 Å². The van der Waals surface area contributed by atoms with Gasteiger partial charge in [0, 0.05) is 0 Å². The topological polar surface area (TPSA) is 66.8 Å². The monoisotopic (exact) mass is 324 g/mol. The number of phenolic OH excluding ortho intramolecular Hbond substituents is 2. The highest BCUT2D eigenvalue weighted by atomic mass is 16.5. The van der Waals surface area contributed by atoms with Gasteiger partial charge in [0.2, 0.25) is 0 Å². The molecule has 4 heteroatoms. The van der Waals surface area contributed by atoms with Crippen LogP contribution in [0.5, 0.6) is 17.2 Å². The Labute approximate surface area is 141 Å². The first-order valence-corrected chi connectivity index (χ1v) is 7.57. The van der Waals surface area contributed by atoms with Gasteiger partial charge in [0.15, 0.2) is 5.78 Å². The Bertz CT molecular complexity index is 767. The number of hydrogen-bond donors (Lipinski definition) is 2. The van der Waals surface area contributed by atoms with Gasteiger partial charge in [-0.1, -0.05) is 29.8 Å². The number of carbonyl (C=O) groups excluding carboxylic acids is 1. The van der Waals surface area contributed by atoms with Crippen LogP contribution >= 0.6 is 0 Å². The molecule has 0 amide bonds. The van der Waals surface area contributed by atoms with Crippen LogP contribution in [0.2, 0.25) is 0 Å². The van der Waals surface area contributed by atoms with Gasteiger partial charge in [0.1, 0.15) is 29.4 Å². The number of allylic oxidation sites excluding steroid dienone is 2. The third-order valence-electron chi connectivity index (χ3n) is 3.30. The molecule has 4 nitrogen and oxygen atoms in total. The summed E-state index contributed by atoms with van der Waals surface area (Å²) in [4.78, 5) is 12.4. The summed E-state index contributed by atoms with van der Waals surface area (Å²) in [5, 5.41) is 19.3. The highest BCUT2D eigenvalue weighted by molar-refractivity contribution is 6.10. The van der Waals surface area contributed by atoms with Gasteiger partial charge >= 0.3 is 0 Å². The molecule has 24 heavy (non-hydrogen) atoms. The minimum absolute atomic E-state index is 0.120. The summed E-state index contributed by atoms with van der Waals surface area (Å²) in [5.41, 5.74) is 2.01. The van der Waals surface area contributed by atoms with Crippen molar-refractivity contribution in [3.8, 4) is 17.2 Å². The predicted molar refractivity (Wildman–Crippen MR) is 94.5 cm³/mol. The molecule has 0 aliphatic carbocycles. The molecule has 0 saturated heterocycles. The fraction of sp³-hybridized carbons (Fsp3) is 0.150. The van der Waals surface area contributed by atoms with Crippen molar-refractivity contribution in [2.45, 2.75) is 13.8 Å². The van der Waals surface area contributed by atoms with E-state index in [0.29, 0.717) is 12.4 Å². The third-order valence-corrected chi connectivity index (χ3v) is 3.30. The van der Waals surface area contributed by atoms with Crippen LogP contribution in [0.4, 0.5) is 0 Å². The van der Waals surface area contributed by atoms with Crippen molar-refractivity contribution < 1.29 is 19.7 Å². The summed E-state index contributed by atoms with van der Waals surface area (Å²) in [6.07, 6.45) is 4.88. The van der Waals surface area contributed by atoms with E-state index in [1.807, 2.05) is 19.9 Å². The molecular formula is C20H20O4. The molecule has 0 radical (unpaired) electrons. The van der Waals surface area contributed by atoms with Gasteiger partial charge < -0.3 is 14.9 Å². The van der Waals surface area contributed by atoms with Crippen molar-refractivity contribution in [1.29, 1.82) is 0 Å². The Balaban J connectivity index is 2.21.